The lowest BCUT2D eigenvalue weighted by Gasteiger charge is -2.34. The van der Waals surface area contributed by atoms with Crippen LogP contribution in [0.25, 0.3) is 10.8 Å². The van der Waals surface area contributed by atoms with Gasteiger partial charge < -0.3 is 15.3 Å². The zero-order chi connectivity index (χ0) is 18.6. The highest BCUT2D eigenvalue weighted by atomic mass is 16.3. The molecule has 2 N–H and O–H groups in total. The summed E-state index contributed by atoms with van der Waals surface area (Å²) in [6, 6.07) is 21.4. The molecule has 27 heavy (non-hydrogen) atoms. The molecule has 1 fully saturated rings. The van der Waals surface area contributed by atoms with Crippen molar-refractivity contribution in [2.75, 3.05) is 31.5 Å². The molecule has 1 heterocycles. The lowest BCUT2D eigenvalue weighted by molar-refractivity contribution is 0.142. The Balaban J connectivity index is 1.36. The number of fused-ring (bicyclic) bond motifs is 1. The summed E-state index contributed by atoms with van der Waals surface area (Å²) in [5.41, 5.74) is 1.74. The van der Waals surface area contributed by atoms with Crippen LogP contribution in [-0.4, -0.2) is 47.1 Å². The van der Waals surface area contributed by atoms with E-state index in [2.05, 4.69) is 10.2 Å². The molecule has 0 aliphatic carbocycles. The molecule has 138 valence electrons. The first kappa shape index (κ1) is 17.4. The van der Waals surface area contributed by atoms with Crippen LogP contribution in [0.2, 0.25) is 0 Å². The van der Waals surface area contributed by atoms with Crippen LogP contribution in [0.15, 0.2) is 66.7 Å². The summed E-state index contributed by atoms with van der Waals surface area (Å²) in [5, 5.41) is 15.4. The highest BCUT2D eigenvalue weighted by Crippen LogP contribution is 2.29. The van der Waals surface area contributed by atoms with Crippen molar-refractivity contribution in [2.45, 2.75) is 6.54 Å². The second-order valence-corrected chi connectivity index (χ2v) is 6.85. The van der Waals surface area contributed by atoms with Gasteiger partial charge in [-0.05, 0) is 17.5 Å². The molecule has 2 amide bonds. The fraction of sp³-hybridized carbons (Fsp3) is 0.227. The average Bonchev–Trinajstić information content (AvgIpc) is 2.71. The predicted molar refractivity (Wildman–Crippen MR) is 108 cm³/mol. The van der Waals surface area contributed by atoms with E-state index in [0.717, 1.165) is 35.1 Å². The Labute approximate surface area is 158 Å². The molecular weight excluding hydrogens is 338 g/mol. The van der Waals surface area contributed by atoms with E-state index in [1.54, 1.807) is 0 Å². The van der Waals surface area contributed by atoms with E-state index in [-0.39, 0.29) is 6.03 Å². The summed E-state index contributed by atoms with van der Waals surface area (Å²) in [7, 11) is 0. The Morgan fingerprint density at radius 3 is 2.37 bits per heavy atom. The maximum atomic E-state index is 12.4. The minimum atomic E-state index is -0.0607. The maximum absolute atomic E-state index is 12.4. The number of phenolic OH excluding ortho intramolecular Hbond substituents is 1. The molecule has 1 aliphatic rings. The highest BCUT2D eigenvalue weighted by Gasteiger charge is 2.22. The summed E-state index contributed by atoms with van der Waals surface area (Å²) < 4.78 is 0. The molecule has 4 rings (SSSR count). The number of nitrogens with one attached hydrogen (secondary N) is 1. The number of aromatic hydroxyl groups is 1. The van der Waals surface area contributed by atoms with Gasteiger partial charge in [-0.25, -0.2) is 4.79 Å². The number of hydrogen-bond donors (Lipinski definition) is 2. The number of carbonyl (C=O) groups excluding carboxylic acids is 1. The van der Waals surface area contributed by atoms with Crippen LogP contribution in [0.4, 0.5) is 10.5 Å². The second kappa shape index (κ2) is 7.68. The third-order valence-corrected chi connectivity index (χ3v) is 5.06. The number of piperazine rings is 1. The normalized spacial score (nSPS) is 15.0. The summed E-state index contributed by atoms with van der Waals surface area (Å²) >= 11 is 0. The minimum absolute atomic E-state index is 0.0607. The molecule has 1 aliphatic heterocycles. The minimum Gasteiger partial charge on any atom is -0.507 e. The van der Waals surface area contributed by atoms with Gasteiger partial charge in [-0.2, -0.15) is 0 Å². The van der Waals surface area contributed by atoms with Crippen LogP contribution in [-0.2, 0) is 6.54 Å². The zero-order valence-electron chi connectivity index (χ0n) is 15.1. The summed E-state index contributed by atoms with van der Waals surface area (Å²) in [4.78, 5) is 16.5. The van der Waals surface area contributed by atoms with Crippen molar-refractivity contribution in [2.24, 2.45) is 0 Å². The molecule has 1 saturated heterocycles. The van der Waals surface area contributed by atoms with Crippen molar-refractivity contribution in [3.63, 3.8) is 0 Å². The van der Waals surface area contributed by atoms with Crippen molar-refractivity contribution in [3.05, 3.63) is 72.3 Å². The fourth-order valence-corrected chi connectivity index (χ4v) is 3.50. The van der Waals surface area contributed by atoms with Gasteiger partial charge in [0.15, 0.2) is 0 Å². The van der Waals surface area contributed by atoms with E-state index in [9.17, 15) is 9.90 Å². The van der Waals surface area contributed by atoms with Gasteiger partial charge >= 0.3 is 6.03 Å². The Kier molecular flexibility index (Phi) is 4.94. The van der Waals surface area contributed by atoms with Gasteiger partial charge in [0.25, 0.3) is 0 Å². The predicted octanol–water partition coefficient (Wildman–Crippen LogP) is 3.90. The van der Waals surface area contributed by atoms with Crippen molar-refractivity contribution in [1.82, 2.24) is 9.80 Å². The number of nitrogens with zero attached hydrogens (tertiary/aromatic N) is 2. The molecule has 0 spiro atoms. The smallest absolute Gasteiger partial charge is 0.321 e. The fourth-order valence-electron chi connectivity index (χ4n) is 3.50. The van der Waals surface area contributed by atoms with Gasteiger partial charge in [-0.1, -0.05) is 54.6 Å². The van der Waals surface area contributed by atoms with Crippen LogP contribution in [0.1, 0.15) is 5.56 Å². The van der Waals surface area contributed by atoms with Crippen molar-refractivity contribution in [1.29, 1.82) is 0 Å². The second-order valence-electron chi connectivity index (χ2n) is 6.85. The number of phenols is 1. The monoisotopic (exact) mass is 361 g/mol. The molecular formula is C22H23N3O2. The number of benzene rings is 3. The lowest BCUT2D eigenvalue weighted by Crippen LogP contribution is -2.49. The quantitative estimate of drug-likeness (QED) is 0.744. The first-order valence-corrected chi connectivity index (χ1v) is 9.23. The van der Waals surface area contributed by atoms with E-state index < -0.39 is 0 Å². The zero-order valence-corrected chi connectivity index (χ0v) is 15.1. The molecule has 0 atom stereocenters. The Morgan fingerprint density at radius 1 is 0.889 bits per heavy atom. The van der Waals surface area contributed by atoms with Crippen molar-refractivity contribution < 1.29 is 9.90 Å². The van der Waals surface area contributed by atoms with E-state index in [0.29, 0.717) is 25.4 Å². The van der Waals surface area contributed by atoms with Crippen LogP contribution in [0.5, 0.6) is 5.75 Å². The standard InChI is InChI=1S/C22H23N3O2/c26-21-18(11-10-17-6-4-5-9-20(17)21)16-24-12-14-25(15-13-24)22(27)23-19-7-2-1-3-8-19/h1-11,26H,12-16H2,(H,23,27). The Bertz CT molecular complexity index is 935. The number of hydrogen-bond acceptors (Lipinski definition) is 3. The Morgan fingerprint density at radius 2 is 1.59 bits per heavy atom. The van der Waals surface area contributed by atoms with Gasteiger partial charge in [0, 0.05) is 49.4 Å². The molecule has 3 aromatic rings. The first-order chi connectivity index (χ1) is 13.2. The van der Waals surface area contributed by atoms with Crippen LogP contribution in [0.3, 0.4) is 0 Å². The number of para-hydroxylation sites is 1. The number of urea groups is 1. The molecule has 0 aromatic heterocycles. The molecule has 0 saturated carbocycles. The van der Waals surface area contributed by atoms with Crippen molar-refractivity contribution >= 4 is 22.5 Å². The van der Waals surface area contributed by atoms with Crippen LogP contribution < -0.4 is 5.32 Å². The maximum Gasteiger partial charge on any atom is 0.321 e. The third kappa shape index (κ3) is 3.88. The van der Waals surface area contributed by atoms with E-state index >= 15 is 0 Å². The highest BCUT2D eigenvalue weighted by molar-refractivity contribution is 5.90. The average molecular weight is 361 g/mol. The SMILES string of the molecule is O=C(Nc1ccccc1)N1CCN(Cc2ccc3ccccc3c2O)CC1. The van der Waals surface area contributed by atoms with Crippen molar-refractivity contribution in [3.8, 4) is 5.75 Å². The number of anilines is 1. The molecule has 0 radical (unpaired) electrons. The van der Waals surface area contributed by atoms with Gasteiger partial charge in [-0.3, -0.25) is 4.90 Å². The van der Waals surface area contributed by atoms with Gasteiger partial charge in [0.2, 0.25) is 0 Å². The van der Waals surface area contributed by atoms with Gasteiger partial charge in [0.05, 0.1) is 0 Å². The number of rotatable bonds is 3. The third-order valence-electron chi connectivity index (χ3n) is 5.06. The van der Waals surface area contributed by atoms with E-state index in [4.69, 9.17) is 0 Å². The van der Waals surface area contributed by atoms with E-state index in [1.165, 1.54) is 0 Å². The molecule has 5 heteroatoms. The van der Waals surface area contributed by atoms with E-state index in [1.807, 2.05) is 71.6 Å². The topological polar surface area (TPSA) is 55.8 Å². The summed E-state index contributed by atoms with van der Waals surface area (Å²) in [6.07, 6.45) is 0. The number of amides is 2. The molecule has 0 bridgehead atoms. The molecule has 3 aromatic carbocycles. The van der Waals surface area contributed by atoms with Crippen LogP contribution >= 0.6 is 0 Å². The Hall–Kier alpha value is -3.05. The largest absolute Gasteiger partial charge is 0.507 e. The summed E-state index contributed by atoms with van der Waals surface area (Å²) in [5.74, 6) is 0.359. The van der Waals surface area contributed by atoms with Gasteiger partial charge in [-0.15, -0.1) is 0 Å². The summed E-state index contributed by atoms with van der Waals surface area (Å²) in [6.45, 7) is 3.60. The van der Waals surface area contributed by atoms with Gasteiger partial charge in [0.1, 0.15) is 5.75 Å². The lowest BCUT2D eigenvalue weighted by atomic mass is 10.0. The molecule has 0 unspecified atom stereocenters. The molecule has 5 nitrogen and oxygen atoms in total. The van der Waals surface area contributed by atoms with Crippen LogP contribution in [0, 0.1) is 0 Å². The number of carbonyl (C=O) groups is 1. The first-order valence-electron chi connectivity index (χ1n) is 9.23.